The van der Waals surface area contributed by atoms with Crippen LogP contribution in [-0.2, 0) is 25.4 Å². The number of aliphatic hydroxyl groups is 1. The molecular weight excluding hydrogens is 311 g/mol. The first kappa shape index (κ1) is 17.9. The summed E-state index contributed by atoms with van der Waals surface area (Å²) in [6, 6.07) is 18.4. The van der Waals surface area contributed by atoms with Crippen LogP contribution in [0, 0.1) is 0 Å². The largest absolute Gasteiger partial charge is 0.373 e. The van der Waals surface area contributed by atoms with E-state index < -0.39 is 12.9 Å². The second kappa shape index (κ2) is 7.89. The molecule has 0 radical (unpaired) electrons. The van der Waals surface area contributed by atoms with Gasteiger partial charge in [0.2, 0.25) is 0 Å². The van der Waals surface area contributed by atoms with E-state index in [0.29, 0.717) is 5.56 Å². The van der Waals surface area contributed by atoms with Crippen LogP contribution in [0.3, 0.4) is 0 Å². The third kappa shape index (κ3) is 3.91. The molecule has 0 aliphatic carbocycles. The van der Waals surface area contributed by atoms with Gasteiger partial charge >= 0.3 is 7.60 Å². The van der Waals surface area contributed by atoms with Crippen LogP contribution in [0.15, 0.2) is 60.7 Å². The van der Waals surface area contributed by atoms with Crippen molar-refractivity contribution in [1.29, 1.82) is 0 Å². The molecule has 0 bridgehead atoms. The quantitative estimate of drug-likeness (QED) is 0.730. The van der Waals surface area contributed by atoms with E-state index in [1.165, 1.54) is 0 Å². The third-order valence-electron chi connectivity index (χ3n) is 3.58. The van der Waals surface area contributed by atoms with Crippen LogP contribution >= 0.6 is 7.60 Å². The Bertz CT molecular complexity index is 635. The molecule has 0 saturated carbocycles. The fourth-order valence-electron chi connectivity index (χ4n) is 2.53. The molecule has 0 spiro atoms. The molecule has 2 aromatic carbocycles. The Morgan fingerprint density at radius 1 is 0.913 bits per heavy atom. The minimum absolute atomic E-state index is 0.148. The molecule has 1 N–H and O–H groups in total. The van der Waals surface area contributed by atoms with Gasteiger partial charge in [0.1, 0.15) is 0 Å². The van der Waals surface area contributed by atoms with Gasteiger partial charge in [0.05, 0.1) is 13.2 Å². The number of benzene rings is 2. The van der Waals surface area contributed by atoms with E-state index in [9.17, 15) is 9.67 Å². The summed E-state index contributed by atoms with van der Waals surface area (Å²) in [5.41, 5.74) is 1.38. The first-order chi connectivity index (χ1) is 11.1. The first-order valence-corrected chi connectivity index (χ1v) is 9.31. The maximum Gasteiger partial charge on any atom is 0.366 e. The predicted octanol–water partition coefficient (Wildman–Crippen LogP) is 4.34. The lowest BCUT2D eigenvalue weighted by atomic mass is 10.0. The summed E-state index contributed by atoms with van der Waals surface area (Å²) in [6.45, 7) is 3.86. The molecule has 0 heterocycles. The van der Waals surface area contributed by atoms with Crippen molar-refractivity contribution in [3.8, 4) is 0 Å². The molecule has 0 aliphatic rings. The van der Waals surface area contributed by atoms with Crippen molar-refractivity contribution in [1.82, 2.24) is 0 Å². The molecule has 0 saturated heterocycles. The monoisotopic (exact) mass is 334 g/mol. The van der Waals surface area contributed by atoms with E-state index in [1.807, 2.05) is 36.4 Å². The molecule has 0 aromatic heterocycles. The van der Waals surface area contributed by atoms with Crippen LogP contribution in [0.1, 0.15) is 25.0 Å². The zero-order valence-electron chi connectivity index (χ0n) is 13.5. The zero-order chi connectivity index (χ0) is 16.8. The van der Waals surface area contributed by atoms with E-state index in [4.69, 9.17) is 9.05 Å². The molecule has 0 fully saturated rings. The maximum absolute atomic E-state index is 13.3. The van der Waals surface area contributed by atoms with E-state index in [2.05, 4.69) is 0 Å². The molecule has 2 aromatic rings. The summed E-state index contributed by atoms with van der Waals surface area (Å²) >= 11 is 0. The smallest absolute Gasteiger partial charge is 0.366 e. The highest BCUT2D eigenvalue weighted by molar-refractivity contribution is 7.54. The fraction of sp³-hybridized carbons (Fsp3) is 0.333. The van der Waals surface area contributed by atoms with Gasteiger partial charge in [-0.25, -0.2) is 0 Å². The minimum Gasteiger partial charge on any atom is -0.373 e. The van der Waals surface area contributed by atoms with E-state index in [-0.39, 0.29) is 19.6 Å². The van der Waals surface area contributed by atoms with Gasteiger partial charge in [-0.05, 0) is 25.0 Å². The van der Waals surface area contributed by atoms with Crippen LogP contribution in [0.5, 0.6) is 0 Å². The lowest BCUT2D eigenvalue weighted by Crippen LogP contribution is -2.31. The van der Waals surface area contributed by atoms with Crippen LogP contribution in [0.2, 0.25) is 0 Å². The minimum atomic E-state index is -3.77. The molecule has 0 amide bonds. The van der Waals surface area contributed by atoms with Crippen molar-refractivity contribution in [2.24, 2.45) is 0 Å². The average molecular weight is 334 g/mol. The van der Waals surface area contributed by atoms with E-state index in [1.54, 1.807) is 38.1 Å². The standard InChI is InChI=1S/C18H23O4P/c1-3-21-23(20,22-4-2)18(19,17-13-9-6-10-14-17)15-16-11-7-5-8-12-16/h5-14,19H,3-4,15H2,1-2H3. The second-order valence-electron chi connectivity index (χ2n) is 5.18. The summed E-state index contributed by atoms with van der Waals surface area (Å²) < 4.78 is 24.2. The normalized spacial score (nSPS) is 14.4. The van der Waals surface area contributed by atoms with Gasteiger partial charge in [0.15, 0.2) is 5.34 Å². The molecule has 2 rings (SSSR count). The Labute approximate surface area is 137 Å². The van der Waals surface area contributed by atoms with Gasteiger partial charge in [-0.2, -0.15) is 0 Å². The second-order valence-corrected chi connectivity index (χ2v) is 7.43. The van der Waals surface area contributed by atoms with Gasteiger partial charge in [-0.3, -0.25) is 4.57 Å². The van der Waals surface area contributed by atoms with Gasteiger partial charge < -0.3 is 14.2 Å². The Morgan fingerprint density at radius 3 is 1.87 bits per heavy atom. The summed E-state index contributed by atoms with van der Waals surface area (Å²) in [5, 5.41) is 9.67. The first-order valence-electron chi connectivity index (χ1n) is 7.76. The molecule has 1 atom stereocenters. The molecule has 1 unspecified atom stereocenters. The van der Waals surface area contributed by atoms with Crippen molar-refractivity contribution in [2.45, 2.75) is 25.6 Å². The van der Waals surface area contributed by atoms with E-state index in [0.717, 1.165) is 5.56 Å². The van der Waals surface area contributed by atoms with Crippen LogP contribution in [0.25, 0.3) is 0 Å². The van der Waals surface area contributed by atoms with Crippen LogP contribution < -0.4 is 0 Å². The average Bonchev–Trinajstić information content (AvgIpc) is 2.57. The number of rotatable bonds is 8. The SMILES string of the molecule is CCOP(=O)(OCC)C(O)(Cc1ccccc1)c1ccccc1. The molecule has 0 aliphatic heterocycles. The summed E-state index contributed by atoms with van der Waals surface area (Å²) in [6.07, 6.45) is 0.148. The third-order valence-corrected chi connectivity index (χ3v) is 6.10. The molecule has 5 heteroatoms. The van der Waals surface area contributed by atoms with Gasteiger partial charge in [-0.15, -0.1) is 0 Å². The van der Waals surface area contributed by atoms with Crippen LogP contribution in [0.4, 0.5) is 0 Å². The van der Waals surface area contributed by atoms with Crippen molar-refractivity contribution in [3.05, 3.63) is 71.8 Å². The molecule has 124 valence electrons. The van der Waals surface area contributed by atoms with Crippen molar-refractivity contribution >= 4 is 7.60 Å². The van der Waals surface area contributed by atoms with Gasteiger partial charge in [-0.1, -0.05) is 60.7 Å². The fourth-order valence-corrected chi connectivity index (χ4v) is 4.56. The van der Waals surface area contributed by atoms with Crippen molar-refractivity contribution in [3.63, 3.8) is 0 Å². The topological polar surface area (TPSA) is 55.8 Å². The Morgan fingerprint density at radius 2 is 1.39 bits per heavy atom. The number of hydrogen-bond donors (Lipinski definition) is 1. The highest BCUT2D eigenvalue weighted by atomic mass is 31.2. The Kier molecular flexibility index (Phi) is 6.14. The van der Waals surface area contributed by atoms with Gasteiger partial charge in [0, 0.05) is 6.42 Å². The van der Waals surface area contributed by atoms with Gasteiger partial charge in [0.25, 0.3) is 0 Å². The summed E-state index contributed by atoms with van der Waals surface area (Å²) in [7, 11) is -3.77. The Hall–Kier alpha value is -1.45. The predicted molar refractivity (Wildman–Crippen MR) is 91.3 cm³/mol. The molecule has 23 heavy (non-hydrogen) atoms. The highest BCUT2D eigenvalue weighted by Crippen LogP contribution is 2.64. The van der Waals surface area contributed by atoms with Crippen molar-refractivity contribution in [2.75, 3.05) is 13.2 Å². The van der Waals surface area contributed by atoms with Crippen LogP contribution in [-0.4, -0.2) is 18.3 Å². The van der Waals surface area contributed by atoms with Crippen molar-refractivity contribution < 1.29 is 18.7 Å². The molecule has 4 nitrogen and oxygen atoms in total. The van der Waals surface area contributed by atoms with E-state index >= 15 is 0 Å². The lowest BCUT2D eigenvalue weighted by molar-refractivity contribution is 0.0654. The summed E-state index contributed by atoms with van der Waals surface area (Å²) in [5.74, 6) is 0. The molecular formula is C18H23O4P. The number of hydrogen-bond acceptors (Lipinski definition) is 4. The maximum atomic E-state index is 13.3. The highest BCUT2D eigenvalue weighted by Gasteiger charge is 2.51. The lowest BCUT2D eigenvalue weighted by Gasteiger charge is -2.35. The zero-order valence-corrected chi connectivity index (χ0v) is 14.4. The summed E-state index contributed by atoms with van der Waals surface area (Å²) in [4.78, 5) is 0. The Balaban J connectivity index is 2.52.